The molecule has 2 rings (SSSR count). The van der Waals surface area contributed by atoms with E-state index in [1.807, 2.05) is 12.1 Å². The van der Waals surface area contributed by atoms with E-state index in [0.29, 0.717) is 19.2 Å². The van der Waals surface area contributed by atoms with E-state index in [1.165, 1.54) is 24.8 Å². The van der Waals surface area contributed by atoms with Gasteiger partial charge in [-0.05, 0) is 49.4 Å². The summed E-state index contributed by atoms with van der Waals surface area (Å²) in [7, 11) is 0. The van der Waals surface area contributed by atoms with Gasteiger partial charge in [0.15, 0.2) is 0 Å². The van der Waals surface area contributed by atoms with Crippen LogP contribution in [0, 0.1) is 0 Å². The van der Waals surface area contributed by atoms with Gasteiger partial charge in [0.1, 0.15) is 18.5 Å². The Morgan fingerprint density at radius 2 is 1.91 bits per heavy atom. The van der Waals surface area contributed by atoms with Crippen molar-refractivity contribution in [1.82, 2.24) is 4.90 Å². The molecule has 0 unspecified atom stereocenters. The van der Waals surface area contributed by atoms with Gasteiger partial charge >= 0.3 is 0 Å². The van der Waals surface area contributed by atoms with Crippen molar-refractivity contribution in [2.24, 2.45) is 0 Å². The number of β-amino-alcohol motifs (C(OH)–C–C–N with tert-alkyl or cyclic N) is 1. The molecule has 0 saturated carbocycles. The first-order chi connectivity index (χ1) is 10.4. The first-order valence-corrected chi connectivity index (χ1v) is 8.52. The Bertz CT molecular complexity index is 449. The number of ether oxygens (including phenoxy) is 1. The van der Waals surface area contributed by atoms with Gasteiger partial charge in [0.2, 0.25) is 0 Å². The lowest BCUT2D eigenvalue weighted by molar-refractivity contribution is 0.0438. The van der Waals surface area contributed by atoms with Crippen LogP contribution < -0.4 is 4.74 Å². The minimum Gasteiger partial charge on any atom is -0.491 e. The number of likely N-dealkylation sites (tertiary alicyclic amines) is 1. The van der Waals surface area contributed by atoms with Gasteiger partial charge < -0.3 is 9.84 Å². The molecule has 1 N–H and O–H groups in total. The largest absolute Gasteiger partial charge is 0.491 e. The highest BCUT2D eigenvalue weighted by Crippen LogP contribution is 2.24. The maximum atomic E-state index is 10.2. The molecule has 1 saturated heterocycles. The van der Waals surface area contributed by atoms with Crippen molar-refractivity contribution < 1.29 is 9.84 Å². The molecule has 3 nitrogen and oxygen atoms in total. The van der Waals surface area contributed by atoms with Crippen molar-refractivity contribution >= 4 is 0 Å². The molecule has 0 radical (unpaired) electrons. The molecule has 0 amide bonds. The predicted molar refractivity (Wildman–Crippen MR) is 91.5 cm³/mol. The zero-order valence-electron chi connectivity index (χ0n) is 14.5. The highest BCUT2D eigenvalue weighted by molar-refractivity contribution is 5.31. The number of aliphatic hydroxyl groups is 1. The summed E-state index contributed by atoms with van der Waals surface area (Å²) in [6.07, 6.45) is 3.36. The Morgan fingerprint density at radius 1 is 1.23 bits per heavy atom. The maximum absolute atomic E-state index is 10.2. The topological polar surface area (TPSA) is 32.7 Å². The second kappa shape index (κ2) is 7.47. The van der Waals surface area contributed by atoms with E-state index in [1.54, 1.807) is 0 Å². The Hall–Kier alpha value is -1.06. The molecule has 0 bridgehead atoms. The fourth-order valence-corrected chi connectivity index (χ4v) is 3.00. The van der Waals surface area contributed by atoms with E-state index in [2.05, 4.69) is 44.7 Å². The lowest BCUT2D eigenvalue weighted by Gasteiger charge is -2.34. The van der Waals surface area contributed by atoms with Crippen molar-refractivity contribution in [3.63, 3.8) is 0 Å². The molecular formula is C19H31NO2. The van der Waals surface area contributed by atoms with Crippen molar-refractivity contribution in [2.45, 2.75) is 64.5 Å². The lowest BCUT2D eigenvalue weighted by atomic mass is 9.87. The van der Waals surface area contributed by atoms with E-state index < -0.39 is 6.10 Å². The molecule has 1 heterocycles. The fourth-order valence-electron chi connectivity index (χ4n) is 3.00. The number of benzene rings is 1. The number of aliphatic hydroxyl groups excluding tert-OH is 1. The first-order valence-electron chi connectivity index (χ1n) is 8.52. The fraction of sp³-hybridized carbons (Fsp3) is 0.684. The summed E-state index contributed by atoms with van der Waals surface area (Å²) in [4.78, 5) is 2.38. The number of nitrogens with zero attached hydrogens (tertiary/aromatic N) is 1. The first kappa shape index (κ1) is 17.3. The van der Waals surface area contributed by atoms with Crippen LogP contribution in [0.25, 0.3) is 0 Å². The molecule has 1 aromatic carbocycles. The van der Waals surface area contributed by atoms with Gasteiger partial charge in [-0.25, -0.2) is 0 Å². The van der Waals surface area contributed by atoms with Crippen LogP contribution in [0.15, 0.2) is 24.3 Å². The standard InChI is InChI=1S/C19H31NO2/c1-15-7-5-6-12-20(15)13-17(21)14-22-18-10-8-16(9-11-18)19(2,3)4/h8-11,15,17,21H,5-7,12-14H2,1-4H3/t15-,17-/m1/s1. The number of hydrogen-bond acceptors (Lipinski definition) is 3. The summed E-state index contributed by atoms with van der Waals surface area (Å²) >= 11 is 0. The van der Waals surface area contributed by atoms with Crippen molar-refractivity contribution in [2.75, 3.05) is 19.7 Å². The van der Waals surface area contributed by atoms with E-state index >= 15 is 0 Å². The quantitative estimate of drug-likeness (QED) is 0.902. The zero-order chi connectivity index (χ0) is 16.2. The van der Waals surface area contributed by atoms with Crippen LogP contribution in [0.5, 0.6) is 5.75 Å². The third kappa shape index (κ3) is 4.99. The van der Waals surface area contributed by atoms with Gasteiger partial charge in [-0.1, -0.05) is 39.3 Å². The zero-order valence-corrected chi connectivity index (χ0v) is 14.5. The second-order valence-electron chi connectivity index (χ2n) is 7.58. The Morgan fingerprint density at radius 3 is 2.50 bits per heavy atom. The van der Waals surface area contributed by atoms with Gasteiger partial charge in [0.25, 0.3) is 0 Å². The van der Waals surface area contributed by atoms with E-state index in [4.69, 9.17) is 4.74 Å². The molecule has 1 aromatic rings. The molecule has 1 aliphatic rings. The lowest BCUT2D eigenvalue weighted by Crippen LogP contribution is -2.43. The summed E-state index contributed by atoms with van der Waals surface area (Å²) in [5.41, 5.74) is 1.45. The van der Waals surface area contributed by atoms with Gasteiger partial charge in [0.05, 0.1) is 0 Å². The van der Waals surface area contributed by atoms with Gasteiger partial charge in [-0.15, -0.1) is 0 Å². The van der Waals surface area contributed by atoms with Gasteiger partial charge in [-0.3, -0.25) is 4.90 Å². The Kier molecular flexibility index (Phi) is 5.87. The average molecular weight is 305 g/mol. The van der Waals surface area contributed by atoms with Gasteiger partial charge in [0, 0.05) is 12.6 Å². The number of rotatable bonds is 5. The van der Waals surface area contributed by atoms with Crippen molar-refractivity contribution in [3.8, 4) is 5.75 Å². The van der Waals surface area contributed by atoms with Crippen LogP contribution in [-0.4, -0.2) is 41.8 Å². The minimum atomic E-state index is -0.428. The van der Waals surface area contributed by atoms with Crippen LogP contribution >= 0.6 is 0 Å². The summed E-state index contributed by atoms with van der Waals surface area (Å²) in [6.45, 7) is 11.0. The Balaban J connectivity index is 1.79. The molecule has 3 heteroatoms. The van der Waals surface area contributed by atoms with Crippen molar-refractivity contribution in [3.05, 3.63) is 29.8 Å². The SMILES string of the molecule is C[C@@H]1CCCCN1C[C@@H](O)COc1ccc(C(C)(C)C)cc1. The molecule has 2 atom stereocenters. The second-order valence-corrected chi connectivity index (χ2v) is 7.58. The monoisotopic (exact) mass is 305 g/mol. The smallest absolute Gasteiger partial charge is 0.119 e. The van der Waals surface area contributed by atoms with E-state index in [9.17, 15) is 5.11 Å². The molecule has 0 spiro atoms. The molecule has 0 aliphatic carbocycles. The number of hydrogen-bond donors (Lipinski definition) is 1. The summed E-state index contributed by atoms with van der Waals surface area (Å²) < 4.78 is 5.74. The van der Waals surface area contributed by atoms with Crippen LogP contribution in [0.1, 0.15) is 52.5 Å². The summed E-state index contributed by atoms with van der Waals surface area (Å²) in [5.74, 6) is 0.832. The van der Waals surface area contributed by atoms with E-state index in [-0.39, 0.29) is 5.41 Å². The Labute approximate surface area is 135 Å². The molecule has 1 aliphatic heterocycles. The van der Waals surface area contributed by atoms with Crippen molar-refractivity contribution in [1.29, 1.82) is 0 Å². The maximum Gasteiger partial charge on any atom is 0.119 e. The average Bonchev–Trinajstić information content (AvgIpc) is 2.47. The molecule has 22 heavy (non-hydrogen) atoms. The van der Waals surface area contributed by atoms with Crippen LogP contribution in [0.2, 0.25) is 0 Å². The molecular weight excluding hydrogens is 274 g/mol. The van der Waals surface area contributed by atoms with E-state index in [0.717, 1.165) is 12.3 Å². The summed E-state index contributed by atoms with van der Waals surface area (Å²) in [6, 6.07) is 8.78. The molecule has 1 fully saturated rings. The summed E-state index contributed by atoms with van der Waals surface area (Å²) in [5, 5.41) is 10.2. The van der Waals surface area contributed by atoms with Gasteiger partial charge in [-0.2, -0.15) is 0 Å². The highest BCUT2D eigenvalue weighted by Gasteiger charge is 2.21. The third-order valence-corrected chi connectivity index (χ3v) is 4.55. The van der Waals surface area contributed by atoms with Crippen LogP contribution in [-0.2, 0) is 5.41 Å². The molecule has 124 valence electrons. The number of piperidine rings is 1. The predicted octanol–water partition coefficient (Wildman–Crippen LogP) is 3.60. The van der Waals surface area contributed by atoms with Crippen LogP contribution in [0.3, 0.4) is 0 Å². The highest BCUT2D eigenvalue weighted by atomic mass is 16.5. The third-order valence-electron chi connectivity index (χ3n) is 4.55. The van der Waals surface area contributed by atoms with Crippen LogP contribution in [0.4, 0.5) is 0 Å². The minimum absolute atomic E-state index is 0.155. The normalized spacial score (nSPS) is 21.6. The molecule has 0 aromatic heterocycles.